The molecule has 0 saturated carbocycles. The predicted octanol–water partition coefficient (Wildman–Crippen LogP) is 2.51. The minimum Gasteiger partial charge on any atom is -0.337 e. The van der Waals surface area contributed by atoms with Crippen molar-refractivity contribution in [2.45, 2.75) is 51.5 Å². The number of amides is 2. The Balaban J connectivity index is 1.61. The zero-order chi connectivity index (χ0) is 16.2. The van der Waals surface area contributed by atoms with Crippen molar-refractivity contribution in [3.05, 3.63) is 23.9 Å². The van der Waals surface area contributed by atoms with Crippen LogP contribution in [-0.4, -0.2) is 39.6 Å². The third-order valence-corrected chi connectivity index (χ3v) is 4.55. The molecule has 1 fully saturated rings. The highest BCUT2D eigenvalue weighted by atomic mass is 16.2. The van der Waals surface area contributed by atoms with Gasteiger partial charge in [-0.15, -0.1) is 0 Å². The Morgan fingerprint density at radius 3 is 3.00 bits per heavy atom. The SMILES string of the molecule is CC(=O)Nc1ccn([C@@H]2CCN(C(=O)C3=CCCCCC3)C2)n1. The van der Waals surface area contributed by atoms with Crippen LogP contribution in [0.25, 0.3) is 0 Å². The van der Waals surface area contributed by atoms with E-state index in [0.29, 0.717) is 12.4 Å². The molecule has 1 aromatic heterocycles. The van der Waals surface area contributed by atoms with Gasteiger partial charge in [-0.2, -0.15) is 5.10 Å². The summed E-state index contributed by atoms with van der Waals surface area (Å²) in [5, 5.41) is 7.07. The van der Waals surface area contributed by atoms with Gasteiger partial charge in [-0.1, -0.05) is 12.5 Å². The summed E-state index contributed by atoms with van der Waals surface area (Å²) in [6, 6.07) is 1.98. The van der Waals surface area contributed by atoms with Crippen molar-refractivity contribution in [3.63, 3.8) is 0 Å². The zero-order valence-corrected chi connectivity index (χ0v) is 13.6. The van der Waals surface area contributed by atoms with Crippen LogP contribution in [0.5, 0.6) is 0 Å². The minimum atomic E-state index is -0.126. The van der Waals surface area contributed by atoms with E-state index in [0.717, 1.165) is 37.8 Å². The van der Waals surface area contributed by atoms with Crippen molar-refractivity contribution in [3.8, 4) is 0 Å². The molecule has 2 amide bonds. The van der Waals surface area contributed by atoms with E-state index < -0.39 is 0 Å². The molecule has 0 unspecified atom stereocenters. The molecule has 3 rings (SSSR count). The molecular weight excluding hydrogens is 292 g/mol. The van der Waals surface area contributed by atoms with Gasteiger partial charge >= 0.3 is 0 Å². The van der Waals surface area contributed by atoms with Gasteiger partial charge < -0.3 is 10.2 Å². The lowest BCUT2D eigenvalue weighted by Gasteiger charge is -2.18. The number of allylic oxidation sites excluding steroid dienone is 1. The van der Waals surface area contributed by atoms with Gasteiger partial charge in [-0.3, -0.25) is 14.3 Å². The van der Waals surface area contributed by atoms with Gasteiger partial charge in [0.15, 0.2) is 5.82 Å². The fourth-order valence-electron chi connectivity index (χ4n) is 3.34. The molecule has 124 valence electrons. The molecule has 2 aliphatic rings. The average Bonchev–Trinajstić information content (AvgIpc) is 3.09. The molecule has 23 heavy (non-hydrogen) atoms. The summed E-state index contributed by atoms with van der Waals surface area (Å²) in [6.45, 7) is 2.93. The molecule has 1 aliphatic heterocycles. The molecule has 1 aliphatic carbocycles. The maximum atomic E-state index is 12.7. The number of carbonyl (C=O) groups excluding carboxylic acids is 2. The number of nitrogens with zero attached hydrogens (tertiary/aromatic N) is 3. The van der Waals surface area contributed by atoms with E-state index in [1.54, 1.807) is 6.07 Å². The number of anilines is 1. The van der Waals surface area contributed by atoms with Crippen LogP contribution >= 0.6 is 0 Å². The molecule has 0 spiro atoms. The minimum absolute atomic E-state index is 0.126. The van der Waals surface area contributed by atoms with Crippen molar-refractivity contribution in [2.75, 3.05) is 18.4 Å². The molecule has 6 nitrogen and oxygen atoms in total. The van der Waals surface area contributed by atoms with Gasteiger partial charge in [0.25, 0.3) is 0 Å². The molecule has 1 saturated heterocycles. The molecule has 1 N–H and O–H groups in total. The number of aromatic nitrogens is 2. The number of likely N-dealkylation sites (tertiary alicyclic amines) is 1. The number of carbonyl (C=O) groups is 2. The normalized spacial score (nSPS) is 21.7. The summed E-state index contributed by atoms with van der Waals surface area (Å²) in [4.78, 5) is 25.7. The van der Waals surface area contributed by atoms with E-state index in [9.17, 15) is 9.59 Å². The van der Waals surface area contributed by atoms with Crippen LogP contribution in [0.1, 0.15) is 51.5 Å². The highest BCUT2D eigenvalue weighted by molar-refractivity contribution is 5.93. The Bertz CT molecular complexity index is 620. The lowest BCUT2D eigenvalue weighted by atomic mass is 10.1. The Morgan fingerprint density at radius 1 is 1.30 bits per heavy atom. The zero-order valence-electron chi connectivity index (χ0n) is 13.6. The topological polar surface area (TPSA) is 67.2 Å². The van der Waals surface area contributed by atoms with Crippen LogP contribution in [-0.2, 0) is 9.59 Å². The summed E-state index contributed by atoms with van der Waals surface area (Å²) < 4.78 is 1.86. The van der Waals surface area contributed by atoms with Gasteiger partial charge in [0.05, 0.1) is 6.04 Å². The Labute approximate surface area is 136 Å². The molecule has 0 bridgehead atoms. The van der Waals surface area contributed by atoms with Gasteiger partial charge in [-0.05, 0) is 32.1 Å². The van der Waals surface area contributed by atoms with E-state index in [2.05, 4.69) is 16.5 Å². The molecule has 6 heteroatoms. The Hall–Kier alpha value is -2.11. The number of nitrogens with one attached hydrogen (secondary N) is 1. The average molecular weight is 316 g/mol. The summed E-state index contributed by atoms with van der Waals surface area (Å²) in [5.41, 5.74) is 0.988. The van der Waals surface area contributed by atoms with Crippen molar-refractivity contribution in [1.29, 1.82) is 0 Å². The van der Waals surface area contributed by atoms with Gasteiger partial charge in [0.2, 0.25) is 11.8 Å². The monoisotopic (exact) mass is 316 g/mol. The second-order valence-electron chi connectivity index (χ2n) is 6.38. The van der Waals surface area contributed by atoms with Crippen molar-refractivity contribution in [1.82, 2.24) is 14.7 Å². The maximum Gasteiger partial charge on any atom is 0.249 e. The fourth-order valence-corrected chi connectivity index (χ4v) is 3.34. The number of hydrogen-bond donors (Lipinski definition) is 1. The van der Waals surface area contributed by atoms with Crippen LogP contribution in [0, 0.1) is 0 Å². The first-order valence-corrected chi connectivity index (χ1v) is 8.44. The Kier molecular flexibility index (Phi) is 4.79. The largest absolute Gasteiger partial charge is 0.337 e. The molecule has 0 radical (unpaired) electrons. The first-order valence-electron chi connectivity index (χ1n) is 8.44. The van der Waals surface area contributed by atoms with Gasteiger partial charge in [0, 0.05) is 37.8 Å². The summed E-state index contributed by atoms with van der Waals surface area (Å²) in [5.74, 6) is 0.635. The van der Waals surface area contributed by atoms with Crippen LogP contribution in [0.2, 0.25) is 0 Å². The van der Waals surface area contributed by atoms with E-state index in [4.69, 9.17) is 0 Å². The standard InChI is InChI=1S/C17H24N4O2/c1-13(22)18-16-9-11-21(19-16)15-8-10-20(12-15)17(23)14-6-4-2-3-5-7-14/h6,9,11,15H,2-5,7-8,10,12H2,1H3,(H,18,19,22)/t15-/m1/s1. The second kappa shape index (κ2) is 6.98. The quantitative estimate of drug-likeness (QED) is 0.931. The van der Waals surface area contributed by atoms with Crippen LogP contribution in [0.15, 0.2) is 23.9 Å². The van der Waals surface area contributed by atoms with E-state index >= 15 is 0 Å². The van der Waals surface area contributed by atoms with Crippen molar-refractivity contribution < 1.29 is 9.59 Å². The predicted molar refractivity (Wildman–Crippen MR) is 87.9 cm³/mol. The molecular formula is C17H24N4O2. The lowest BCUT2D eigenvalue weighted by Crippen LogP contribution is -2.30. The lowest BCUT2D eigenvalue weighted by molar-refractivity contribution is -0.126. The Morgan fingerprint density at radius 2 is 2.17 bits per heavy atom. The van der Waals surface area contributed by atoms with E-state index in [1.807, 2.05) is 15.8 Å². The van der Waals surface area contributed by atoms with Gasteiger partial charge in [-0.25, -0.2) is 0 Å². The van der Waals surface area contributed by atoms with Crippen LogP contribution < -0.4 is 5.32 Å². The molecule has 1 aromatic rings. The van der Waals surface area contributed by atoms with Crippen LogP contribution in [0.3, 0.4) is 0 Å². The summed E-state index contributed by atoms with van der Waals surface area (Å²) >= 11 is 0. The molecule has 2 heterocycles. The van der Waals surface area contributed by atoms with Crippen molar-refractivity contribution in [2.24, 2.45) is 0 Å². The molecule has 0 aromatic carbocycles. The van der Waals surface area contributed by atoms with Gasteiger partial charge in [0.1, 0.15) is 0 Å². The third-order valence-electron chi connectivity index (χ3n) is 4.55. The summed E-state index contributed by atoms with van der Waals surface area (Å²) in [6.07, 6.45) is 10.4. The maximum absolute atomic E-state index is 12.7. The van der Waals surface area contributed by atoms with E-state index in [-0.39, 0.29) is 17.9 Å². The second-order valence-corrected chi connectivity index (χ2v) is 6.38. The number of rotatable bonds is 3. The van der Waals surface area contributed by atoms with Crippen molar-refractivity contribution >= 4 is 17.6 Å². The highest BCUT2D eigenvalue weighted by Crippen LogP contribution is 2.26. The highest BCUT2D eigenvalue weighted by Gasteiger charge is 2.29. The first kappa shape index (κ1) is 15.8. The fraction of sp³-hybridized carbons (Fsp3) is 0.588. The summed E-state index contributed by atoms with van der Waals surface area (Å²) in [7, 11) is 0. The number of hydrogen-bond acceptors (Lipinski definition) is 3. The van der Waals surface area contributed by atoms with Crippen LogP contribution in [0.4, 0.5) is 5.82 Å². The first-order chi connectivity index (χ1) is 11.1. The van der Waals surface area contributed by atoms with E-state index in [1.165, 1.54) is 19.8 Å². The smallest absolute Gasteiger partial charge is 0.249 e. The molecule has 1 atom stereocenters. The third kappa shape index (κ3) is 3.81.